The molecular weight excluding hydrogens is 192 g/mol. The van der Waals surface area contributed by atoms with E-state index in [0.29, 0.717) is 0 Å². The van der Waals surface area contributed by atoms with Crippen LogP contribution in [0.2, 0.25) is 0 Å². The Morgan fingerprint density at radius 1 is 1.47 bits per heavy atom. The Morgan fingerprint density at radius 3 is 2.60 bits per heavy atom. The van der Waals surface area contributed by atoms with Gasteiger partial charge < -0.3 is 15.8 Å². The minimum atomic E-state index is -0.196. The van der Waals surface area contributed by atoms with Crippen LogP contribution in [0.4, 0.5) is 0 Å². The van der Waals surface area contributed by atoms with Crippen molar-refractivity contribution in [1.29, 1.82) is 0 Å². The SMILES string of the molecule is CC(C)(C)NC(=O)COC1CCCC1N. The average molecular weight is 214 g/mol. The second-order valence-corrected chi connectivity index (χ2v) is 5.24. The molecule has 1 fully saturated rings. The number of nitrogens with one attached hydrogen (secondary N) is 1. The van der Waals surface area contributed by atoms with E-state index in [1.807, 2.05) is 20.8 Å². The lowest BCUT2D eigenvalue weighted by molar-refractivity contribution is -0.129. The maximum Gasteiger partial charge on any atom is 0.246 e. The summed E-state index contributed by atoms with van der Waals surface area (Å²) in [6.45, 7) is 5.97. The van der Waals surface area contributed by atoms with Gasteiger partial charge in [-0.2, -0.15) is 0 Å². The third-order valence-electron chi connectivity index (χ3n) is 2.45. The van der Waals surface area contributed by atoms with Crippen LogP contribution in [-0.4, -0.2) is 30.2 Å². The normalized spacial score (nSPS) is 26.7. The van der Waals surface area contributed by atoms with Gasteiger partial charge in [-0.05, 0) is 40.0 Å². The highest BCUT2D eigenvalue weighted by molar-refractivity contribution is 5.77. The van der Waals surface area contributed by atoms with E-state index in [4.69, 9.17) is 10.5 Å². The van der Waals surface area contributed by atoms with Crippen molar-refractivity contribution in [1.82, 2.24) is 5.32 Å². The molecule has 1 aliphatic carbocycles. The number of carbonyl (C=O) groups is 1. The molecule has 3 N–H and O–H groups in total. The van der Waals surface area contributed by atoms with Gasteiger partial charge in [0.2, 0.25) is 5.91 Å². The van der Waals surface area contributed by atoms with Gasteiger partial charge >= 0.3 is 0 Å². The van der Waals surface area contributed by atoms with Crippen LogP contribution >= 0.6 is 0 Å². The van der Waals surface area contributed by atoms with Gasteiger partial charge in [0.05, 0.1) is 6.10 Å². The van der Waals surface area contributed by atoms with Gasteiger partial charge in [-0.1, -0.05) is 0 Å². The number of amides is 1. The van der Waals surface area contributed by atoms with Gasteiger partial charge in [0.25, 0.3) is 0 Å². The Kier molecular flexibility index (Phi) is 4.11. The maximum absolute atomic E-state index is 11.4. The van der Waals surface area contributed by atoms with E-state index in [2.05, 4.69) is 5.32 Å². The predicted molar refractivity (Wildman–Crippen MR) is 59.5 cm³/mol. The van der Waals surface area contributed by atoms with E-state index in [1.54, 1.807) is 0 Å². The molecule has 0 heterocycles. The number of hydrogen-bond acceptors (Lipinski definition) is 3. The maximum atomic E-state index is 11.4. The van der Waals surface area contributed by atoms with E-state index >= 15 is 0 Å². The van der Waals surface area contributed by atoms with E-state index in [9.17, 15) is 4.79 Å². The largest absolute Gasteiger partial charge is 0.367 e. The van der Waals surface area contributed by atoms with Crippen LogP contribution in [0, 0.1) is 0 Å². The molecule has 0 aliphatic heterocycles. The predicted octanol–water partition coefficient (Wildman–Crippen LogP) is 0.797. The van der Waals surface area contributed by atoms with Crippen molar-refractivity contribution in [3.05, 3.63) is 0 Å². The van der Waals surface area contributed by atoms with Crippen LogP contribution in [0.1, 0.15) is 40.0 Å². The van der Waals surface area contributed by atoms with Crippen molar-refractivity contribution in [3.63, 3.8) is 0 Å². The number of carbonyl (C=O) groups excluding carboxylic acids is 1. The van der Waals surface area contributed by atoms with Crippen molar-refractivity contribution in [2.24, 2.45) is 5.73 Å². The fourth-order valence-corrected chi connectivity index (χ4v) is 1.80. The average Bonchev–Trinajstić information content (AvgIpc) is 2.44. The number of ether oxygens (including phenoxy) is 1. The summed E-state index contributed by atoms with van der Waals surface area (Å²) in [6, 6.07) is 0.104. The van der Waals surface area contributed by atoms with Crippen molar-refractivity contribution >= 4 is 5.91 Å². The minimum absolute atomic E-state index is 0.0655. The van der Waals surface area contributed by atoms with Crippen molar-refractivity contribution < 1.29 is 9.53 Å². The molecule has 0 aromatic heterocycles. The molecule has 88 valence electrons. The fraction of sp³-hybridized carbons (Fsp3) is 0.909. The van der Waals surface area contributed by atoms with E-state index in [1.165, 1.54) is 0 Å². The highest BCUT2D eigenvalue weighted by Gasteiger charge is 2.25. The summed E-state index contributed by atoms with van der Waals surface area (Å²) in [4.78, 5) is 11.4. The van der Waals surface area contributed by atoms with Gasteiger partial charge in [-0.15, -0.1) is 0 Å². The third-order valence-corrected chi connectivity index (χ3v) is 2.45. The zero-order valence-electron chi connectivity index (χ0n) is 9.88. The summed E-state index contributed by atoms with van der Waals surface area (Å²) in [6.07, 6.45) is 3.15. The molecule has 0 aromatic rings. The first-order valence-corrected chi connectivity index (χ1v) is 5.57. The molecule has 1 aliphatic rings. The molecule has 1 saturated carbocycles. The molecule has 0 saturated heterocycles. The smallest absolute Gasteiger partial charge is 0.246 e. The Hall–Kier alpha value is -0.610. The molecular formula is C11H22N2O2. The van der Waals surface area contributed by atoms with Crippen LogP contribution in [0.25, 0.3) is 0 Å². The molecule has 0 spiro atoms. The molecule has 2 atom stereocenters. The van der Waals surface area contributed by atoms with Crippen LogP contribution in [0.5, 0.6) is 0 Å². The second-order valence-electron chi connectivity index (χ2n) is 5.24. The zero-order valence-corrected chi connectivity index (χ0v) is 9.88. The van der Waals surface area contributed by atoms with Crippen LogP contribution in [0.15, 0.2) is 0 Å². The lowest BCUT2D eigenvalue weighted by Crippen LogP contribution is -2.43. The van der Waals surface area contributed by atoms with E-state index in [-0.39, 0.29) is 30.2 Å². The summed E-state index contributed by atoms with van der Waals surface area (Å²) in [5.41, 5.74) is 5.64. The monoisotopic (exact) mass is 214 g/mol. The number of nitrogens with two attached hydrogens (primary N) is 1. The molecule has 1 amide bonds. The van der Waals surface area contributed by atoms with Crippen molar-refractivity contribution in [2.75, 3.05) is 6.61 Å². The van der Waals surface area contributed by atoms with E-state index < -0.39 is 0 Å². The number of hydrogen-bond donors (Lipinski definition) is 2. The molecule has 1 rings (SSSR count). The highest BCUT2D eigenvalue weighted by atomic mass is 16.5. The molecule has 2 unspecified atom stereocenters. The second kappa shape index (κ2) is 4.94. The summed E-state index contributed by atoms with van der Waals surface area (Å²) in [5.74, 6) is -0.0680. The van der Waals surface area contributed by atoms with Crippen molar-refractivity contribution in [2.45, 2.75) is 57.7 Å². The summed E-state index contributed by atoms with van der Waals surface area (Å²) in [7, 11) is 0. The van der Waals surface area contributed by atoms with Gasteiger partial charge in [-0.3, -0.25) is 4.79 Å². The first-order chi connectivity index (χ1) is 6.88. The standard InChI is InChI=1S/C11H22N2O2/c1-11(2,3)13-10(14)7-15-9-6-4-5-8(9)12/h8-9H,4-7,12H2,1-3H3,(H,13,14). The van der Waals surface area contributed by atoms with Gasteiger partial charge in [0.15, 0.2) is 0 Å². The molecule has 15 heavy (non-hydrogen) atoms. The first kappa shape index (κ1) is 12.5. The zero-order chi connectivity index (χ0) is 11.5. The van der Waals surface area contributed by atoms with Crippen LogP contribution < -0.4 is 11.1 Å². The topological polar surface area (TPSA) is 64.3 Å². The fourth-order valence-electron chi connectivity index (χ4n) is 1.80. The summed E-state index contributed by atoms with van der Waals surface area (Å²) < 4.78 is 5.49. The Labute approximate surface area is 91.5 Å². The van der Waals surface area contributed by atoms with Gasteiger partial charge in [0.1, 0.15) is 6.61 Å². The van der Waals surface area contributed by atoms with Crippen molar-refractivity contribution in [3.8, 4) is 0 Å². The van der Waals surface area contributed by atoms with Gasteiger partial charge in [-0.25, -0.2) is 0 Å². The number of rotatable bonds is 3. The molecule has 0 bridgehead atoms. The molecule has 4 nitrogen and oxygen atoms in total. The molecule has 0 aromatic carbocycles. The van der Waals surface area contributed by atoms with E-state index in [0.717, 1.165) is 19.3 Å². The lowest BCUT2D eigenvalue weighted by Gasteiger charge is -2.22. The van der Waals surface area contributed by atoms with Gasteiger partial charge in [0, 0.05) is 11.6 Å². The Morgan fingerprint density at radius 2 is 2.13 bits per heavy atom. The minimum Gasteiger partial charge on any atom is -0.367 e. The Balaban J connectivity index is 2.22. The third kappa shape index (κ3) is 4.62. The summed E-state index contributed by atoms with van der Waals surface area (Å²) in [5, 5.41) is 2.85. The quantitative estimate of drug-likeness (QED) is 0.730. The highest BCUT2D eigenvalue weighted by Crippen LogP contribution is 2.19. The molecule has 4 heteroatoms. The van der Waals surface area contributed by atoms with Crippen LogP contribution in [-0.2, 0) is 9.53 Å². The van der Waals surface area contributed by atoms with Crippen LogP contribution in [0.3, 0.4) is 0 Å². The first-order valence-electron chi connectivity index (χ1n) is 5.57. The summed E-state index contributed by atoms with van der Waals surface area (Å²) >= 11 is 0. The lowest BCUT2D eigenvalue weighted by atomic mass is 10.1. The molecule has 0 radical (unpaired) electrons. The Bertz CT molecular complexity index is 223.